The monoisotopic (exact) mass is 492 g/mol. The van der Waals surface area contributed by atoms with Gasteiger partial charge in [0.05, 0.1) is 17.6 Å². The molecule has 1 amide bonds. The molecule has 0 aliphatic carbocycles. The number of aromatic amines is 1. The lowest BCUT2D eigenvalue weighted by molar-refractivity contribution is 0.0436. The van der Waals surface area contributed by atoms with E-state index < -0.39 is 53.3 Å². The third kappa shape index (κ3) is 3.77. The summed E-state index contributed by atoms with van der Waals surface area (Å²) in [6.07, 6.45) is -4.50. The average Bonchev–Trinajstić information content (AvgIpc) is 3.53. The van der Waals surface area contributed by atoms with Crippen molar-refractivity contribution in [2.45, 2.75) is 44.8 Å². The van der Waals surface area contributed by atoms with E-state index in [4.69, 9.17) is 8.83 Å². The van der Waals surface area contributed by atoms with Crippen LogP contribution in [0, 0.1) is 0 Å². The summed E-state index contributed by atoms with van der Waals surface area (Å²) in [7, 11) is 0. The lowest BCUT2D eigenvalue weighted by Crippen LogP contribution is -2.41. The molecule has 1 aliphatic rings. The number of nitrogens with zero attached hydrogens (tertiary/aromatic N) is 3. The van der Waals surface area contributed by atoms with E-state index in [2.05, 4.69) is 15.0 Å². The number of oxazole rings is 1. The summed E-state index contributed by atoms with van der Waals surface area (Å²) >= 11 is 0. The van der Waals surface area contributed by atoms with Crippen LogP contribution in [0.5, 0.6) is 0 Å². The summed E-state index contributed by atoms with van der Waals surface area (Å²) in [4.78, 5) is 25.5. The molecule has 12 heteroatoms. The number of halogens is 4. The maximum Gasteiger partial charge on any atom is 0.292 e. The van der Waals surface area contributed by atoms with E-state index >= 15 is 0 Å². The second-order valence-corrected chi connectivity index (χ2v) is 8.69. The van der Waals surface area contributed by atoms with E-state index in [9.17, 15) is 27.5 Å². The Kier molecular flexibility index (Phi) is 5.42. The lowest BCUT2D eigenvalue weighted by Gasteiger charge is -2.33. The van der Waals surface area contributed by atoms with E-state index in [1.165, 1.54) is 32.3 Å². The molecule has 4 heterocycles. The summed E-state index contributed by atoms with van der Waals surface area (Å²) in [5.74, 6) is -2.48. The van der Waals surface area contributed by atoms with Crippen LogP contribution in [-0.2, 0) is 12.0 Å². The minimum atomic E-state index is -3.18. The highest BCUT2D eigenvalue weighted by Crippen LogP contribution is 2.44. The number of hydrogen-bond acceptors (Lipinski definition) is 6. The van der Waals surface area contributed by atoms with Crippen molar-refractivity contribution < 1.29 is 36.3 Å². The number of carbonyl (C=O) groups is 1. The second-order valence-electron chi connectivity index (χ2n) is 8.69. The highest BCUT2D eigenvalue weighted by atomic mass is 19.3. The van der Waals surface area contributed by atoms with Crippen molar-refractivity contribution in [2.75, 3.05) is 6.54 Å². The number of hydrogen-bond donors (Lipinski definition) is 2. The Labute approximate surface area is 195 Å². The number of carbonyl (C=O) groups excluding carboxylic acids is 1. The van der Waals surface area contributed by atoms with Gasteiger partial charge in [0.1, 0.15) is 23.0 Å². The normalized spacial score (nSPS) is 16.5. The van der Waals surface area contributed by atoms with Gasteiger partial charge in [0.2, 0.25) is 11.7 Å². The highest BCUT2D eigenvalue weighted by Gasteiger charge is 2.43. The van der Waals surface area contributed by atoms with Gasteiger partial charge in [-0.25, -0.2) is 27.5 Å². The van der Waals surface area contributed by atoms with E-state index in [1.807, 2.05) is 0 Å². The van der Waals surface area contributed by atoms with Gasteiger partial charge < -0.3 is 23.8 Å². The van der Waals surface area contributed by atoms with Crippen LogP contribution < -0.4 is 0 Å². The zero-order valence-corrected chi connectivity index (χ0v) is 18.6. The summed E-state index contributed by atoms with van der Waals surface area (Å²) < 4.78 is 67.2. The van der Waals surface area contributed by atoms with Gasteiger partial charge >= 0.3 is 0 Å². The van der Waals surface area contributed by atoms with Gasteiger partial charge in [-0.15, -0.1) is 0 Å². The summed E-state index contributed by atoms with van der Waals surface area (Å²) in [6.45, 7) is 2.51. The number of para-hydroxylation sites is 1. The average molecular weight is 492 g/mol. The molecule has 0 spiro atoms. The van der Waals surface area contributed by atoms with Crippen LogP contribution >= 0.6 is 0 Å². The molecule has 5 rings (SSSR count). The number of rotatable bonds is 5. The fourth-order valence-electron chi connectivity index (χ4n) is 4.30. The molecule has 3 aromatic heterocycles. The van der Waals surface area contributed by atoms with Crippen LogP contribution in [0.25, 0.3) is 11.0 Å². The maximum absolute atomic E-state index is 14.3. The number of amides is 1. The van der Waals surface area contributed by atoms with Gasteiger partial charge in [-0.05, 0) is 19.9 Å². The van der Waals surface area contributed by atoms with Crippen molar-refractivity contribution in [3.8, 4) is 0 Å². The molecule has 35 heavy (non-hydrogen) atoms. The van der Waals surface area contributed by atoms with Gasteiger partial charge in [-0.3, -0.25) is 4.79 Å². The number of nitrogens with one attached hydrogen (secondary N) is 1. The first-order valence-corrected chi connectivity index (χ1v) is 10.7. The van der Waals surface area contributed by atoms with Gasteiger partial charge in [0, 0.05) is 24.0 Å². The molecular formula is C23H20F4N4O4. The molecule has 2 N–H and O–H groups in total. The molecule has 0 saturated carbocycles. The van der Waals surface area contributed by atoms with Gasteiger partial charge in [-0.1, -0.05) is 18.2 Å². The second kappa shape index (κ2) is 8.22. The number of alkyl halides is 4. The Balaban J connectivity index is 1.69. The standard InChI is InChI=1S/C23H20F4N4O4/c1-23(2,33)22-30-15(20(26)27)18(35-22)21(32)31-8-7-11-14(29-9-28-11)16(31)17-13(19(24)25)10-5-3-4-6-12(10)34-17/h3-6,9,16,19-20,33H,7-8H2,1-2H3,(H,28,29)/t16-/m0/s1. The fourth-order valence-corrected chi connectivity index (χ4v) is 4.30. The van der Waals surface area contributed by atoms with Gasteiger partial charge in [0.25, 0.3) is 18.8 Å². The first-order chi connectivity index (χ1) is 16.6. The lowest BCUT2D eigenvalue weighted by atomic mass is 9.96. The highest BCUT2D eigenvalue weighted by molar-refractivity contribution is 5.93. The Bertz CT molecular complexity index is 1400. The van der Waals surface area contributed by atoms with Crippen molar-refractivity contribution in [3.05, 3.63) is 70.6 Å². The van der Waals surface area contributed by atoms with Crippen molar-refractivity contribution in [3.63, 3.8) is 0 Å². The van der Waals surface area contributed by atoms with Crippen LogP contribution in [-0.4, -0.2) is 37.4 Å². The Morgan fingerprint density at radius 1 is 1.20 bits per heavy atom. The Hall–Kier alpha value is -3.67. The molecule has 0 fully saturated rings. The number of H-pyrrole nitrogens is 1. The third-order valence-electron chi connectivity index (χ3n) is 5.89. The topological polar surface area (TPSA) is 108 Å². The molecule has 0 unspecified atom stereocenters. The van der Waals surface area contributed by atoms with Crippen LogP contribution in [0.2, 0.25) is 0 Å². The van der Waals surface area contributed by atoms with Gasteiger partial charge in [0.15, 0.2) is 5.69 Å². The quantitative estimate of drug-likeness (QED) is 0.378. The number of benzene rings is 1. The van der Waals surface area contributed by atoms with Crippen LogP contribution in [0.4, 0.5) is 17.6 Å². The molecule has 184 valence electrons. The summed E-state index contributed by atoms with van der Waals surface area (Å²) in [5, 5.41) is 10.3. The van der Waals surface area contributed by atoms with E-state index in [1.54, 1.807) is 12.1 Å². The molecule has 1 aromatic carbocycles. The van der Waals surface area contributed by atoms with Crippen LogP contribution in [0.3, 0.4) is 0 Å². The third-order valence-corrected chi connectivity index (χ3v) is 5.89. The van der Waals surface area contributed by atoms with Gasteiger partial charge in [-0.2, -0.15) is 0 Å². The predicted molar refractivity (Wildman–Crippen MR) is 113 cm³/mol. The van der Waals surface area contributed by atoms with E-state index in [0.717, 1.165) is 4.90 Å². The molecule has 8 nitrogen and oxygen atoms in total. The molecule has 1 aliphatic heterocycles. The Morgan fingerprint density at radius 3 is 2.63 bits per heavy atom. The smallest absolute Gasteiger partial charge is 0.292 e. The number of aliphatic hydroxyl groups is 1. The molecule has 4 aromatic rings. The number of imidazole rings is 1. The predicted octanol–water partition coefficient (Wildman–Crippen LogP) is 5.03. The largest absolute Gasteiger partial charge is 0.458 e. The van der Waals surface area contributed by atoms with Crippen LogP contribution in [0.1, 0.15) is 77.6 Å². The zero-order chi connectivity index (χ0) is 25.1. The molecule has 1 atom stereocenters. The maximum atomic E-state index is 14.3. The number of fused-ring (bicyclic) bond motifs is 2. The first kappa shape index (κ1) is 23.1. The molecule has 0 bridgehead atoms. The SMILES string of the molecule is CC(C)(O)c1nc(C(F)F)c(C(=O)N2CCc3[nH]cnc3[C@H]2c2oc3ccccc3c2C(F)F)o1. The van der Waals surface area contributed by atoms with E-state index in [0.29, 0.717) is 5.69 Å². The summed E-state index contributed by atoms with van der Waals surface area (Å²) in [5.41, 5.74) is -2.05. The number of furan rings is 1. The molecular weight excluding hydrogens is 472 g/mol. The minimum absolute atomic E-state index is 0.0281. The van der Waals surface area contributed by atoms with Crippen molar-refractivity contribution in [2.24, 2.45) is 0 Å². The fraction of sp³-hybridized carbons (Fsp3) is 0.348. The zero-order valence-electron chi connectivity index (χ0n) is 18.6. The molecule has 0 saturated heterocycles. The first-order valence-electron chi connectivity index (χ1n) is 10.7. The molecule has 0 radical (unpaired) electrons. The van der Waals surface area contributed by atoms with Crippen LogP contribution in [0.15, 0.2) is 39.4 Å². The summed E-state index contributed by atoms with van der Waals surface area (Å²) in [6, 6.07) is 4.96. The van der Waals surface area contributed by atoms with Crippen molar-refractivity contribution in [1.82, 2.24) is 19.9 Å². The van der Waals surface area contributed by atoms with E-state index in [-0.39, 0.29) is 35.4 Å². The number of aromatic nitrogens is 3. The van der Waals surface area contributed by atoms with Crippen molar-refractivity contribution in [1.29, 1.82) is 0 Å². The Morgan fingerprint density at radius 2 is 1.94 bits per heavy atom. The van der Waals surface area contributed by atoms with Crippen molar-refractivity contribution >= 4 is 16.9 Å². The minimum Gasteiger partial charge on any atom is -0.458 e.